The largest absolute Gasteiger partial charge is 0.374 e. The van der Waals surface area contributed by atoms with Crippen LogP contribution in [0.5, 0.6) is 0 Å². The van der Waals surface area contributed by atoms with Crippen LogP contribution >= 0.6 is 15.9 Å². The standard InChI is InChI=1S/C11H12BrFO/c12-11-6-9(13)5-4-8(11)7-14-10-2-1-3-10/h4-6,10H,1-3,7H2. The third-order valence-corrected chi connectivity index (χ3v) is 3.28. The summed E-state index contributed by atoms with van der Waals surface area (Å²) in [6, 6.07) is 4.70. The van der Waals surface area contributed by atoms with E-state index >= 15 is 0 Å². The van der Waals surface area contributed by atoms with Crippen molar-refractivity contribution in [2.24, 2.45) is 0 Å². The molecule has 1 aliphatic carbocycles. The number of ether oxygens (including phenoxy) is 1. The van der Waals surface area contributed by atoms with Gasteiger partial charge < -0.3 is 4.74 Å². The van der Waals surface area contributed by atoms with E-state index in [0.29, 0.717) is 12.7 Å². The van der Waals surface area contributed by atoms with E-state index in [1.54, 1.807) is 6.07 Å². The lowest BCUT2D eigenvalue weighted by Gasteiger charge is -2.25. The Kier molecular flexibility index (Phi) is 3.19. The molecule has 0 spiro atoms. The molecule has 76 valence electrons. The first-order chi connectivity index (χ1) is 6.75. The number of hydrogen-bond acceptors (Lipinski definition) is 1. The van der Waals surface area contributed by atoms with Gasteiger partial charge in [-0.05, 0) is 37.0 Å². The van der Waals surface area contributed by atoms with Gasteiger partial charge in [0.05, 0.1) is 12.7 Å². The van der Waals surface area contributed by atoms with Gasteiger partial charge in [0.25, 0.3) is 0 Å². The van der Waals surface area contributed by atoms with Gasteiger partial charge in [0.2, 0.25) is 0 Å². The molecule has 0 unspecified atom stereocenters. The summed E-state index contributed by atoms with van der Waals surface area (Å²) < 4.78 is 19.2. The molecule has 0 atom stereocenters. The number of hydrogen-bond donors (Lipinski definition) is 0. The molecule has 0 aromatic heterocycles. The Bertz CT molecular complexity index is 323. The van der Waals surface area contributed by atoms with E-state index < -0.39 is 0 Å². The van der Waals surface area contributed by atoms with Crippen molar-refractivity contribution in [2.45, 2.75) is 32.0 Å². The van der Waals surface area contributed by atoms with Gasteiger partial charge in [-0.25, -0.2) is 4.39 Å². The molecule has 0 saturated heterocycles. The summed E-state index contributed by atoms with van der Waals surface area (Å²) in [6.07, 6.45) is 4.03. The van der Waals surface area contributed by atoms with Crippen LogP contribution in [0.15, 0.2) is 22.7 Å². The van der Waals surface area contributed by atoms with Crippen LogP contribution in [0, 0.1) is 5.82 Å². The quantitative estimate of drug-likeness (QED) is 0.804. The molecule has 0 radical (unpaired) electrons. The second kappa shape index (κ2) is 4.41. The van der Waals surface area contributed by atoms with Gasteiger partial charge >= 0.3 is 0 Å². The minimum atomic E-state index is -0.218. The minimum absolute atomic E-state index is 0.218. The Morgan fingerprint density at radius 1 is 1.43 bits per heavy atom. The van der Waals surface area contributed by atoms with Crippen LogP contribution in [0.2, 0.25) is 0 Å². The molecule has 0 bridgehead atoms. The first-order valence-electron chi connectivity index (χ1n) is 4.81. The Morgan fingerprint density at radius 3 is 2.79 bits per heavy atom. The average molecular weight is 259 g/mol. The molecule has 3 heteroatoms. The molecular weight excluding hydrogens is 247 g/mol. The number of benzene rings is 1. The Morgan fingerprint density at radius 2 is 2.21 bits per heavy atom. The fourth-order valence-electron chi connectivity index (χ4n) is 1.38. The van der Waals surface area contributed by atoms with Crippen LogP contribution in [0.25, 0.3) is 0 Å². The smallest absolute Gasteiger partial charge is 0.124 e. The van der Waals surface area contributed by atoms with Gasteiger partial charge in [-0.3, -0.25) is 0 Å². The Labute approximate surface area is 91.4 Å². The maximum Gasteiger partial charge on any atom is 0.124 e. The SMILES string of the molecule is Fc1ccc(COC2CCC2)c(Br)c1. The van der Waals surface area contributed by atoms with E-state index in [2.05, 4.69) is 15.9 Å². The third-order valence-electron chi connectivity index (χ3n) is 2.54. The first kappa shape index (κ1) is 10.1. The summed E-state index contributed by atoms with van der Waals surface area (Å²) in [5, 5.41) is 0. The molecule has 1 fully saturated rings. The van der Waals surface area contributed by atoms with Gasteiger partial charge in [0.15, 0.2) is 0 Å². The highest BCUT2D eigenvalue weighted by Gasteiger charge is 2.17. The summed E-state index contributed by atoms with van der Waals surface area (Å²) in [4.78, 5) is 0. The van der Waals surface area contributed by atoms with Crippen molar-refractivity contribution in [3.63, 3.8) is 0 Å². The molecule has 0 amide bonds. The van der Waals surface area contributed by atoms with Crippen LogP contribution in [0.3, 0.4) is 0 Å². The van der Waals surface area contributed by atoms with Crippen molar-refractivity contribution in [2.75, 3.05) is 0 Å². The monoisotopic (exact) mass is 258 g/mol. The molecule has 0 aliphatic heterocycles. The van der Waals surface area contributed by atoms with Crippen molar-refractivity contribution in [3.05, 3.63) is 34.1 Å². The fourth-order valence-corrected chi connectivity index (χ4v) is 1.85. The van der Waals surface area contributed by atoms with Gasteiger partial charge in [-0.2, -0.15) is 0 Å². The molecule has 2 rings (SSSR count). The first-order valence-corrected chi connectivity index (χ1v) is 5.60. The van der Waals surface area contributed by atoms with Crippen molar-refractivity contribution >= 4 is 15.9 Å². The second-order valence-electron chi connectivity index (χ2n) is 3.60. The number of rotatable bonds is 3. The van der Waals surface area contributed by atoms with E-state index in [4.69, 9.17) is 4.74 Å². The van der Waals surface area contributed by atoms with Gasteiger partial charge in [-0.15, -0.1) is 0 Å². The summed E-state index contributed by atoms with van der Waals surface area (Å²) in [5.74, 6) is -0.218. The van der Waals surface area contributed by atoms with E-state index in [9.17, 15) is 4.39 Å². The van der Waals surface area contributed by atoms with E-state index in [1.807, 2.05) is 0 Å². The van der Waals surface area contributed by atoms with E-state index in [0.717, 1.165) is 10.0 Å². The van der Waals surface area contributed by atoms with Gasteiger partial charge in [0, 0.05) is 4.47 Å². The van der Waals surface area contributed by atoms with Crippen LogP contribution < -0.4 is 0 Å². The lowest BCUT2D eigenvalue weighted by atomic mass is 9.96. The van der Waals surface area contributed by atoms with Crippen LogP contribution in [0.1, 0.15) is 24.8 Å². The highest BCUT2D eigenvalue weighted by molar-refractivity contribution is 9.10. The molecular formula is C11H12BrFO. The average Bonchev–Trinajstić information content (AvgIpc) is 2.05. The van der Waals surface area contributed by atoms with Crippen LogP contribution in [-0.4, -0.2) is 6.10 Å². The van der Waals surface area contributed by atoms with Gasteiger partial charge in [0.1, 0.15) is 5.82 Å². The lowest BCUT2D eigenvalue weighted by molar-refractivity contribution is -0.00891. The summed E-state index contributed by atoms with van der Waals surface area (Å²) >= 11 is 3.32. The minimum Gasteiger partial charge on any atom is -0.374 e. The summed E-state index contributed by atoms with van der Waals surface area (Å²) in [5.41, 5.74) is 1.01. The van der Waals surface area contributed by atoms with Crippen LogP contribution in [0.4, 0.5) is 4.39 Å². The predicted octanol–water partition coefficient (Wildman–Crippen LogP) is 3.66. The zero-order chi connectivity index (χ0) is 9.97. The Hall–Kier alpha value is -0.410. The number of halogens is 2. The highest BCUT2D eigenvalue weighted by atomic mass is 79.9. The van der Waals surface area contributed by atoms with E-state index in [-0.39, 0.29) is 5.82 Å². The van der Waals surface area contributed by atoms with E-state index in [1.165, 1.54) is 31.4 Å². The molecule has 1 aromatic rings. The fraction of sp³-hybridized carbons (Fsp3) is 0.455. The second-order valence-corrected chi connectivity index (χ2v) is 4.45. The lowest BCUT2D eigenvalue weighted by Crippen LogP contribution is -2.21. The zero-order valence-electron chi connectivity index (χ0n) is 7.80. The third kappa shape index (κ3) is 2.34. The maximum absolute atomic E-state index is 12.8. The topological polar surface area (TPSA) is 9.23 Å². The maximum atomic E-state index is 12.8. The zero-order valence-corrected chi connectivity index (χ0v) is 9.39. The summed E-state index contributed by atoms with van der Waals surface area (Å²) in [7, 11) is 0. The van der Waals surface area contributed by atoms with Crippen molar-refractivity contribution in [1.82, 2.24) is 0 Å². The molecule has 0 heterocycles. The molecule has 1 nitrogen and oxygen atoms in total. The Balaban J connectivity index is 1.94. The van der Waals surface area contributed by atoms with Crippen molar-refractivity contribution in [1.29, 1.82) is 0 Å². The predicted molar refractivity (Wildman–Crippen MR) is 56.5 cm³/mol. The molecule has 0 N–H and O–H groups in total. The van der Waals surface area contributed by atoms with Crippen molar-refractivity contribution in [3.8, 4) is 0 Å². The molecule has 14 heavy (non-hydrogen) atoms. The molecule has 1 aliphatic rings. The highest BCUT2D eigenvalue weighted by Crippen LogP contribution is 2.25. The van der Waals surface area contributed by atoms with Crippen LogP contribution in [-0.2, 0) is 11.3 Å². The summed E-state index contributed by atoms with van der Waals surface area (Å²) in [6.45, 7) is 0.575. The molecule has 1 aromatic carbocycles. The van der Waals surface area contributed by atoms with Crippen molar-refractivity contribution < 1.29 is 9.13 Å². The normalized spacial score (nSPS) is 16.7. The van der Waals surface area contributed by atoms with Gasteiger partial charge in [-0.1, -0.05) is 22.0 Å². The molecule has 1 saturated carbocycles.